The van der Waals surface area contributed by atoms with Gasteiger partial charge in [0.2, 0.25) is 5.95 Å². The summed E-state index contributed by atoms with van der Waals surface area (Å²) in [5, 5.41) is 9.31. The number of aromatic amines is 1. The van der Waals surface area contributed by atoms with Gasteiger partial charge in [-0.3, -0.25) is 19.2 Å². The fourth-order valence-electron chi connectivity index (χ4n) is 2.68. The Morgan fingerprint density at radius 2 is 2.00 bits per heavy atom. The molecule has 0 unspecified atom stereocenters. The first kappa shape index (κ1) is 21.5. The molecule has 0 aliphatic rings. The molecule has 152 valence electrons. The number of anilines is 1. The maximum Gasteiger partial charge on any atom is 0.331 e. The molecule has 0 aliphatic carbocycles. The standard InChI is InChI=1S/C15H27N6O5P/c1-3-25-27(24,26-4-2)10-8-20(7-9-22)5-6-21-11-17-12-13(21)18-15(16)19-14(12)23/h11,22H,3-10H2,1-2H3,(H3,16,18,19,23). The molecule has 4 N–H and O–H groups in total. The van der Waals surface area contributed by atoms with Gasteiger partial charge in [-0.1, -0.05) is 0 Å². The Bertz CT molecular complexity index is 828. The number of aliphatic hydroxyl groups is 1. The van der Waals surface area contributed by atoms with Crippen molar-refractivity contribution in [3.05, 3.63) is 16.7 Å². The van der Waals surface area contributed by atoms with E-state index in [4.69, 9.17) is 14.8 Å². The zero-order chi connectivity index (χ0) is 19.9. The summed E-state index contributed by atoms with van der Waals surface area (Å²) < 4.78 is 24.9. The van der Waals surface area contributed by atoms with Crippen LogP contribution in [0.15, 0.2) is 11.1 Å². The van der Waals surface area contributed by atoms with E-state index >= 15 is 0 Å². The third-order valence-electron chi connectivity index (χ3n) is 3.91. The molecule has 0 atom stereocenters. The van der Waals surface area contributed by atoms with E-state index in [0.29, 0.717) is 45.0 Å². The number of aliphatic hydroxyl groups excluding tert-OH is 1. The quantitative estimate of drug-likeness (QED) is 0.425. The van der Waals surface area contributed by atoms with Crippen molar-refractivity contribution in [1.82, 2.24) is 24.4 Å². The lowest BCUT2D eigenvalue weighted by molar-refractivity contribution is 0.186. The zero-order valence-electron chi connectivity index (χ0n) is 15.6. The molecule has 0 saturated heterocycles. The lowest BCUT2D eigenvalue weighted by Crippen LogP contribution is -2.33. The SMILES string of the molecule is CCOP(=O)(CCN(CCO)CCn1cnc2c(=O)[nH]c(N)nc21)OCC. The molecular formula is C15H27N6O5P. The number of rotatable bonds is 12. The van der Waals surface area contributed by atoms with E-state index in [9.17, 15) is 14.5 Å². The summed E-state index contributed by atoms with van der Waals surface area (Å²) in [6, 6.07) is 0. The Kier molecular flexibility index (Phi) is 7.93. The second-order valence-electron chi connectivity index (χ2n) is 5.80. The lowest BCUT2D eigenvalue weighted by atomic mass is 10.4. The number of fused-ring (bicyclic) bond motifs is 1. The highest BCUT2D eigenvalue weighted by Crippen LogP contribution is 2.47. The summed E-state index contributed by atoms with van der Waals surface area (Å²) >= 11 is 0. The Balaban J connectivity index is 2.04. The summed E-state index contributed by atoms with van der Waals surface area (Å²) in [5.41, 5.74) is 5.82. The molecule has 27 heavy (non-hydrogen) atoms. The number of hydrogen-bond acceptors (Lipinski definition) is 9. The van der Waals surface area contributed by atoms with Gasteiger partial charge in [0.05, 0.1) is 32.3 Å². The van der Waals surface area contributed by atoms with Crippen LogP contribution in [0.25, 0.3) is 11.2 Å². The van der Waals surface area contributed by atoms with Crippen LogP contribution in [0.2, 0.25) is 0 Å². The van der Waals surface area contributed by atoms with Crippen LogP contribution in [-0.4, -0.2) is 75.1 Å². The molecule has 11 nitrogen and oxygen atoms in total. The van der Waals surface area contributed by atoms with E-state index in [1.165, 1.54) is 6.33 Å². The molecule has 0 spiro atoms. The van der Waals surface area contributed by atoms with Gasteiger partial charge in [0.15, 0.2) is 11.2 Å². The highest BCUT2D eigenvalue weighted by molar-refractivity contribution is 7.53. The minimum absolute atomic E-state index is 0.0239. The fraction of sp³-hybridized carbons (Fsp3) is 0.667. The van der Waals surface area contributed by atoms with Gasteiger partial charge in [0.1, 0.15) is 0 Å². The van der Waals surface area contributed by atoms with Crippen molar-refractivity contribution >= 4 is 24.7 Å². The molecule has 0 amide bonds. The molecule has 12 heteroatoms. The van der Waals surface area contributed by atoms with E-state index in [1.807, 2.05) is 4.90 Å². The number of imidazole rings is 1. The predicted molar refractivity (Wildman–Crippen MR) is 102 cm³/mol. The Morgan fingerprint density at radius 3 is 2.63 bits per heavy atom. The number of H-pyrrole nitrogens is 1. The van der Waals surface area contributed by atoms with E-state index < -0.39 is 13.2 Å². The van der Waals surface area contributed by atoms with Crippen LogP contribution in [0.4, 0.5) is 5.95 Å². The first-order valence-corrected chi connectivity index (χ1v) is 10.6. The van der Waals surface area contributed by atoms with Crippen molar-refractivity contribution in [2.75, 3.05) is 51.4 Å². The third-order valence-corrected chi connectivity index (χ3v) is 5.96. The van der Waals surface area contributed by atoms with E-state index in [0.717, 1.165) is 0 Å². The van der Waals surface area contributed by atoms with Gasteiger partial charge in [-0.25, -0.2) is 4.98 Å². The minimum atomic E-state index is -3.15. The molecule has 0 fully saturated rings. The maximum atomic E-state index is 12.6. The molecule has 0 radical (unpaired) electrons. The molecule has 2 rings (SSSR count). The average Bonchev–Trinajstić information content (AvgIpc) is 3.01. The third kappa shape index (κ3) is 5.85. The summed E-state index contributed by atoms with van der Waals surface area (Å²) in [4.78, 5) is 24.4. The molecule has 2 aromatic rings. The van der Waals surface area contributed by atoms with Crippen molar-refractivity contribution in [2.24, 2.45) is 0 Å². The van der Waals surface area contributed by atoms with Crippen LogP contribution in [0.1, 0.15) is 13.8 Å². The average molecular weight is 402 g/mol. The minimum Gasteiger partial charge on any atom is -0.395 e. The van der Waals surface area contributed by atoms with E-state index in [1.54, 1.807) is 18.4 Å². The number of nitrogen functional groups attached to an aromatic ring is 1. The van der Waals surface area contributed by atoms with Crippen LogP contribution in [0, 0.1) is 0 Å². The second kappa shape index (κ2) is 9.95. The molecule has 0 saturated carbocycles. The van der Waals surface area contributed by atoms with Crippen molar-refractivity contribution in [3.63, 3.8) is 0 Å². The largest absolute Gasteiger partial charge is 0.395 e. The van der Waals surface area contributed by atoms with Crippen molar-refractivity contribution in [1.29, 1.82) is 0 Å². The van der Waals surface area contributed by atoms with E-state index in [-0.39, 0.29) is 24.2 Å². The number of nitrogens with zero attached hydrogens (tertiary/aromatic N) is 4. The van der Waals surface area contributed by atoms with Crippen molar-refractivity contribution in [2.45, 2.75) is 20.4 Å². The van der Waals surface area contributed by atoms with Crippen molar-refractivity contribution < 1.29 is 18.7 Å². The highest BCUT2D eigenvalue weighted by atomic mass is 31.2. The number of hydrogen-bond donors (Lipinski definition) is 3. The normalized spacial score (nSPS) is 12.3. The van der Waals surface area contributed by atoms with Crippen LogP contribution in [-0.2, 0) is 20.2 Å². The molecule has 0 aliphatic heterocycles. The summed E-state index contributed by atoms with van der Waals surface area (Å²) in [6.07, 6.45) is 1.75. The first-order chi connectivity index (χ1) is 12.9. The maximum absolute atomic E-state index is 12.6. The van der Waals surface area contributed by atoms with Gasteiger partial charge in [-0.05, 0) is 13.8 Å². The molecule has 2 heterocycles. The van der Waals surface area contributed by atoms with Gasteiger partial charge in [-0.2, -0.15) is 4.98 Å². The molecule has 2 aromatic heterocycles. The summed E-state index contributed by atoms with van der Waals surface area (Å²) in [7, 11) is -3.15. The zero-order valence-corrected chi connectivity index (χ0v) is 16.5. The van der Waals surface area contributed by atoms with Crippen LogP contribution in [0.5, 0.6) is 0 Å². The smallest absolute Gasteiger partial charge is 0.331 e. The molecule has 0 aromatic carbocycles. The number of nitrogens with two attached hydrogens (primary N) is 1. The predicted octanol–water partition coefficient (Wildman–Crippen LogP) is 0.262. The molecule has 0 bridgehead atoms. The summed E-state index contributed by atoms with van der Waals surface area (Å²) in [6.45, 7) is 5.94. The fourth-order valence-corrected chi connectivity index (χ4v) is 4.33. The monoisotopic (exact) mass is 402 g/mol. The van der Waals surface area contributed by atoms with Crippen LogP contribution in [0.3, 0.4) is 0 Å². The second-order valence-corrected chi connectivity index (χ2v) is 7.98. The Labute approximate surface area is 157 Å². The Morgan fingerprint density at radius 1 is 1.30 bits per heavy atom. The Hall–Kier alpha value is -1.78. The topological polar surface area (TPSA) is 149 Å². The highest BCUT2D eigenvalue weighted by Gasteiger charge is 2.24. The van der Waals surface area contributed by atoms with Gasteiger partial charge in [0, 0.05) is 26.2 Å². The number of aromatic nitrogens is 4. The number of nitrogens with one attached hydrogen (secondary N) is 1. The van der Waals surface area contributed by atoms with Gasteiger partial charge in [0.25, 0.3) is 5.56 Å². The van der Waals surface area contributed by atoms with Crippen molar-refractivity contribution in [3.8, 4) is 0 Å². The van der Waals surface area contributed by atoms with E-state index in [2.05, 4.69) is 15.0 Å². The first-order valence-electron chi connectivity index (χ1n) is 8.84. The van der Waals surface area contributed by atoms with Gasteiger partial charge >= 0.3 is 7.60 Å². The van der Waals surface area contributed by atoms with Crippen LogP contribution < -0.4 is 11.3 Å². The lowest BCUT2D eigenvalue weighted by Gasteiger charge is -2.24. The van der Waals surface area contributed by atoms with Gasteiger partial charge < -0.3 is 24.5 Å². The van der Waals surface area contributed by atoms with Gasteiger partial charge in [-0.15, -0.1) is 0 Å². The molecular weight excluding hydrogens is 375 g/mol. The summed E-state index contributed by atoms with van der Waals surface area (Å²) in [5.74, 6) is 0.0239. The van der Waals surface area contributed by atoms with Crippen LogP contribution >= 0.6 is 7.60 Å².